The first-order valence-corrected chi connectivity index (χ1v) is 10.5. The predicted octanol–water partition coefficient (Wildman–Crippen LogP) is 5.40. The summed E-state index contributed by atoms with van der Waals surface area (Å²) in [6.45, 7) is 9.18. The number of rotatable bonds is 8. The zero-order chi connectivity index (χ0) is 21.1. The molecule has 152 valence electrons. The van der Waals surface area contributed by atoms with Gasteiger partial charge in [0.2, 0.25) is 5.88 Å². The lowest BCUT2D eigenvalue weighted by Crippen LogP contribution is -2.29. The van der Waals surface area contributed by atoms with Crippen LogP contribution in [0.1, 0.15) is 53.0 Å². The fourth-order valence-corrected chi connectivity index (χ4v) is 3.62. The summed E-state index contributed by atoms with van der Waals surface area (Å²) in [6, 6.07) is 1.71. The van der Waals surface area contributed by atoms with E-state index in [0.29, 0.717) is 29.3 Å². The van der Waals surface area contributed by atoms with Crippen LogP contribution in [0.5, 0.6) is 5.88 Å². The number of hydrogen-bond acceptors (Lipinski definition) is 6. The van der Waals surface area contributed by atoms with E-state index in [1.54, 1.807) is 32.3 Å². The summed E-state index contributed by atoms with van der Waals surface area (Å²) < 4.78 is 24.5. The summed E-state index contributed by atoms with van der Waals surface area (Å²) in [5.41, 5.74) is 8.93. The Labute approximate surface area is 171 Å². The maximum absolute atomic E-state index is 11.6. The lowest BCUT2D eigenvalue weighted by molar-refractivity contribution is 0.193. The molecule has 28 heavy (non-hydrogen) atoms. The van der Waals surface area contributed by atoms with Gasteiger partial charge in [0, 0.05) is 39.1 Å². The van der Waals surface area contributed by atoms with E-state index in [4.69, 9.17) is 26.6 Å². The molecule has 0 amide bonds. The fraction of sp³-hybridized carbons (Fsp3) is 0.556. The molecule has 0 aliphatic carbocycles. The lowest BCUT2D eigenvalue weighted by Gasteiger charge is -2.26. The van der Waals surface area contributed by atoms with E-state index in [-0.39, 0.29) is 6.10 Å². The van der Waals surface area contributed by atoms with Crippen molar-refractivity contribution in [1.29, 1.82) is 4.78 Å². The summed E-state index contributed by atoms with van der Waals surface area (Å²) in [6.07, 6.45) is 3.91. The van der Waals surface area contributed by atoms with Crippen molar-refractivity contribution in [3.8, 4) is 5.88 Å². The molecule has 0 aliphatic heterocycles. The Bertz CT molecular complexity index is 995. The molecular weight excluding hydrogens is 400 g/mol. The Balaban J connectivity index is 2.53. The monoisotopic (exact) mass is 424 g/mol. The van der Waals surface area contributed by atoms with Crippen molar-refractivity contribution < 1.29 is 8.95 Å². The van der Waals surface area contributed by atoms with Crippen LogP contribution < -0.4 is 4.74 Å². The topological polar surface area (TPSA) is 125 Å². The molecule has 2 unspecified atom stereocenters. The maximum atomic E-state index is 11.6. The van der Waals surface area contributed by atoms with Gasteiger partial charge in [0.1, 0.15) is 5.15 Å². The van der Waals surface area contributed by atoms with Gasteiger partial charge >= 0.3 is 0 Å². The third-order valence-electron chi connectivity index (χ3n) is 4.89. The van der Waals surface area contributed by atoms with E-state index in [1.807, 2.05) is 20.8 Å². The SMILES string of the molecule is CCC(C)(N=[N+]=[N-])c1cnc(O[C@@H](C)CC(C)(C)[SH](=N)=O)c2cnc(Cl)cc12. The average Bonchev–Trinajstić information content (AvgIpc) is 2.61. The van der Waals surface area contributed by atoms with Crippen molar-refractivity contribution in [1.82, 2.24) is 9.97 Å². The van der Waals surface area contributed by atoms with Crippen LogP contribution in [0.4, 0.5) is 0 Å². The number of nitrogens with zero attached hydrogens (tertiary/aromatic N) is 5. The van der Waals surface area contributed by atoms with Crippen LogP contribution in [-0.2, 0) is 16.1 Å². The molecule has 0 bridgehead atoms. The number of ether oxygens (including phenoxy) is 1. The zero-order valence-electron chi connectivity index (χ0n) is 16.6. The third kappa shape index (κ3) is 4.66. The number of fused-ring (bicyclic) bond motifs is 1. The van der Waals surface area contributed by atoms with Crippen LogP contribution >= 0.6 is 11.6 Å². The summed E-state index contributed by atoms with van der Waals surface area (Å²) >= 11 is 6.11. The molecule has 3 atom stereocenters. The van der Waals surface area contributed by atoms with Gasteiger partial charge in [-0.25, -0.2) is 9.97 Å². The van der Waals surface area contributed by atoms with Gasteiger partial charge in [-0.05, 0) is 56.7 Å². The van der Waals surface area contributed by atoms with Crippen LogP contribution in [0.15, 0.2) is 23.6 Å². The number of hydrogen-bond donors (Lipinski definition) is 2. The van der Waals surface area contributed by atoms with E-state index in [1.165, 1.54) is 0 Å². The molecule has 0 aromatic carbocycles. The third-order valence-corrected chi connectivity index (χ3v) is 6.37. The Morgan fingerprint density at radius 3 is 2.61 bits per heavy atom. The number of nitrogens with one attached hydrogen (secondary N) is 1. The number of thiol groups is 1. The van der Waals surface area contributed by atoms with Crippen molar-refractivity contribution >= 4 is 33.0 Å². The van der Waals surface area contributed by atoms with Crippen molar-refractivity contribution in [2.45, 2.75) is 63.9 Å². The quantitative estimate of drug-likeness (QED) is 0.193. The Kier molecular flexibility index (Phi) is 6.75. The van der Waals surface area contributed by atoms with E-state index in [0.717, 1.165) is 10.9 Å². The summed E-state index contributed by atoms with van der Waals surface area (Å²) in [5.74, 6) is 0.366. The van der Waals surface area contributed by atoms with E-state index in [2.05, 4.69) is 20.0 Å². The highest BCUT2D eigenvalue weighted by Crippen LogP contribution is 2.38. The molecule has 2 heterocycles. The number of halogens is 1. The van der Waals surface area contributed by atoms with E-state index < -0.39 is 20.9 Å². The molecule has 2 aromatic heterocycles. The van der Waals surface area contributed by atoms with E-state index >= 15 is 0 Å². The highest BCUT2D eigenvalue weighted by molar-refractivity contribution is 7.75. The average molecular weight is 425 g/mol. The molecule has 0 fully saturated rings. The predicted molar refractivity (Wildman–Crippen MR) is 112 cm³/mol. The first-order chi connectivity index (χ1) is 13.0. The highest BCUT2D eigenvalue weighted by atomic mass is 35.5. The van der Waals surface area contributed by atoms with Gasteiger partial charge in [0.25, 0.3) is 0 Å². The molecule has 2 aromatic rings. The normalized spacial score (nSPS) is 16.1. The fourth-order valence-electron chi connectivity index (χ4n) is 3.04. The van der Waals surface area contributed by atoms with Crippen molar-refractivity contribution in [2.75, 3.05) is 0 Å². The summed E-state index contributed by atoms with van der Waals surface area (Å²) in [7, 11) is -2.09. The van der Waals surface area contributed by atoms with Crippen LogP contribution in [0, 0.1) is 4.78 Å². The van der Waals surface area contributed by atoms with Gasteiger partial charge in [-0.2, -0.15) is 0 Å². The second-order valence-corrected chi connectivity index (χ2v) is 9.77. The van der Waals surface area contributed by atoms with Crippen molar-refractivity contribution in [3.05, 3.63) is 39.6 Å². The van der Waals surface area contributed by atoms with Gasteiger partial charge in [0.05, 0.1) is 17.0 Å². The van der Waals surface area contributed by atoms with Gasteiger partial charge in [-0.1, -0.05) is 23.6 Å². The molecule has 0 radical (unpaired) electrons. The van der Waals surface area contributed by atoms with Crippen LogP contribution in [0.25, 0.3) is 21.2 Å². The standard InChI is InChI=1S/C18H25ClN6O2S/c1-6-18(5,24-25-20)14-10-23-16(13-9-22-15(19)7-12(13)14)27-11(2)8-17(3,4)28(21)26/h7,9-11,21,28H,6,8H2,1-5H3/t11-,18?/m0/s1. The minimum atomic E-state index is -2.09. The van der Waals surface area contributed by atoms with E-state index in [9.17, 15) is 4.21 Å². The first-order valence-electron chi connectivity index (χ1n) is 8.90. The number of azide groups is 1. The molecule has 1 N–H and O–H groups in total. The molecule has 0 saturated heterocycles. The highest BCUT2D eigenvalue weighted by Gasteiger charge is 2.28. The molecule has 0 spiro atoms. The molecule has 0 saturated carbocycles. The van der Waals surface area contributed by atoms with Crippen LogP contribution in [-0.4, -0.2) is 25.0 Å². The smallest absolute Gasteiger partial charge is 0.223 e. The van der Waals surface area contributed by atoms with Gasteiger partial charge in [0.15, 0.2) is 0 Å². The minimum Gasteiger partial charge on any atom is -0.474 e. The Morgan fingerprint density at radius 1 is 1.36 bits per heavy atom. The lowest BCUT2D eigenvalue weighted by atomic mass is 9.88. The first kappa shape index (κ1) is 22.2. The van der Waals surface area contributed by atoms with Crippen molar-refractivity contribution in [3.63, 3.8) is 0 Å². The minimum absolute atomic E-state index is 0.311. The maximum Gasteiger partial charge on any atom is 0.223 e. The summed E-state index contributed by atoms with van der Waals surface area (Å²) in [5, 5.41) is 5.67. The Hall–Kier alpha value is -2.09. The van der Waals surface area contributed by atoms with Crippen LogP contribution in [0.2, 0.25) is 5.15 Å². The van der Waals surface area contributed by atoms with Crippen LogP contribution in [0.3, 0.4) is 0 Å². The van der Waals surface area contributed by atoms with Gasteiger partial charge in [-0.15, -0.1) is 0 Å². The molecule has 2 rings (SSSR count). The molecule has 0 aliphatic rings. The largest absolute Gasteiger partial charge is 0.474 e. The van der Waals surface area contributed by atoms with Gasteiger partial charge in [-0.3, -0.25) is 8.99 Å². The Morgan fingerprint density at radius 2 is 2.04 bits per heavy atom. The second-order valence-electron chi connectivity index (χ2n) is 7.59. The zero-order valence-corrected chi connectivity index (χ0v) is 18.3. The van der Waals surface area contributed by atoms with Crippen molar-refractivity contribution in [2.24, 2.45) is 5.11 Å². The summed E-state index contributed by atoms with van der Waals surface area (Å²) in [4.78, 5) is 11.6. The molecule has 8 nitrogen and oxygen atoms in total. The molecule has 10 heteroatoms. The number of pyridine rings is 2. The molecular formula is C18H25ClN6O2S. The second kappa shape index (κ2) is 8.51. The number of aromatic nitrogens is 2. The van der Waals surface area contributed by atoms with Gasteiger partial charge < -0.3 is 4.74 Å².